The van der Waals surface area contributed by atoms with Crippen molar-refractivity contribution in [3.8, 4) is 17.2 Å². The van der Waals surface area contributed by atoms with Gasteiger partial charge in [-0.15, -0.1) is 0 Å². The predicted octanol–water partition coefficient (Wildman–Crippen LogP) is 4.50. The van der Waals surface area contributed by atoms with Crippen molar-refractivity contribution in [2.45, 2.75) is 12.1 Å². The monoisotopic (exact) mass is 586 g/mol. The molecule has 2 amide bonds. The molecule has 0 aromatic heterocycles. The van der Waals surface area contributed by atoms with E-state index in [1.54, 1.807) is 43.5 Å². The Morgan fingerprint density at radius 1 is 0.949 bits per heavy atom. The van der Waals surface area contributed by atoms with Gasteiger partial charge in [0.1, 0.15) is 25.0 Å². The second kappa shape index (κ2) is 8.98. The number of fused-ring (bicyclic) bond motifs is 6. The lowest BCUT2D eigenvalue weighted by Crippen LogP contribution is -2.48. The van der Waals surface area contributed by atoms with Crippen molar-refractivity contribution in [2.24, 2.45) is 11.8 Å². The number of hydrogen-bond acceptors (Lipinski definition) is 7. The van der Waals surface area contributed by atoms with Gasteiger partial charge < -0.3 is 19.1 Å². The van der Waals surface area contributed by atoms with E-state index in [0.717, 1.165) is 11.3 Å². The number of hydrogen-bond donors (Lipinski definition) is 0. The van der Waals surface area contributed by atoms with E-state index >= 15 is 0 Å². The summed E-state index contributed by atoms with van der Waals surface area (Å²) in [7, 11) is 1.56. The number of carbonyl (C=O) groups excluding carboxylic acids is 3. The molecule has 8 nitrogen and oxygen atoms in total. The fourth-order valence-electron chi connectivity index (χ4n) is 6.23. The Labute approximate surface area is 232 Å². The van der Waals surface area contributed by atoms with E-state index in [0.29, 0.717) is 46.2 Å². The summed E-state index contributed by atoms with van der Waals surface area (Å²) < 4.78 is 17.3. The summed E-state index contributed by atoms with van der Waals surface area (Å²) in [6.45, 7) is 0.827. The molecule has 7 rings (SSSR count). The van der Waals surface area contributed by atoms with Crippen LogP contribution in [-0.2, 0) is 9.59 Å². The maximum absolute atomic E-state index is 14.2. The normalized spacial score (nSPS) is 24.4. The SMILES string of the molecule is COc1ccc(C(=O)[C@@H]2[C@@H]3C(=O)N(c4ccc5c(c4)OCCO5)C(=O)[C@@H]3[C@@H]3C=Cc4ccccc4N23)cc1Br. The molecule has 4 heterocycles. The van der Waals surface area contributed by atoms with E-state index in [2.05, 4.69) is 15.9 Å². The third-order valence-corrected chi connectivity index (χ3v) is 8.52. The third-order valence-electron chi connectivity index (χ3n) is 7.90. The van der Waals surface area contributed by atoms with Crippen molar-refractivity contribution < 1.29 is 28.6 Å². The first-order valence-corrected chi connectivity index (χ1v) is 13.5. The Balaban J connectivity index is 1.34. The van der Waals surface area contributed by atoms with Crippen LogP contribution in [0.4, 0.5) is 11.4 Å². The van der Waals surface area contributed by atoms with Crippen LogP contribution in [-0.4, -0.2) is 50.0 Å². The number of ketones is 1. The van der Waals surface area contributed by atoms with Crippen LogP contribution in [0.3, 0.4) is 0 Å². The van der Waals surface area contributed by atoms with Crippen LogP contribution in [0.1, 0.15) is 15.9 Å². The van der Waals surface area contributed by atoms with Crippen LogP contribution >= 0.6 is 15.9 Å². The molecule has 39 heavy (non-hydrogen) atoms. The molecule has 0 unspecified atom stereocenters. The van der Waals surface area contributed by atoms with Crippen molar-refractivity contribution in [3.05, 3.63) is 82.3 Å². The first-order valence-electron chi connectivity index (χ1n) is 12.7. The number of benzene rings is 3. The molecule has 9 heteroatoms. The molecule has 4 aliphatic rings. The van der Waals surface area contributed by atoms with Gasteiger partial charge >= 0.3 is 0 Å². The zero-order valence-electron chi connectivity index (χ0n) is 20.9. The summed E-state index contributed by atoms with van der Waals surface area (Å²) in [4.78, 5) is 45.6. The lowest BCUT2D eigenvalue weighted by molar-refractivity contribution is -0.122. The fourth-order valence-corrected chi connectivity index (χ4v) is 6.77. The van der Waals surface area contributed by atoms with Crippen LogP contribution in [0, 0.1) is 11.8 Å². The summed E-state index contributed by atoms with van der Waals surface area (Å²) in [5.74, 6) is -0.880. The molecule has 3 aromatic carbocycles. The lowest BCUT2D eigenvalue weighted by Gasteiger charge is -2.36. The predicted molar refractivity (Wildman–Crippen MR) is 147 cm³/mol. The number of nitrogens with zero attached hydrogens (tertiary/aromatic N) is 2. The minimum Gasteiger partial charge on any atom is -0.496 e. The van der Waals surface area contributed by atoms with E-state index in [-0.39, 0.29) is 11.7 Å². The molecule has 0 aliphatic carbocycles. The van der Waals surface area contributed by atoms with Crippen LogP contribution in [0.2, 0.25) is 0 Å². The quantitative estimate of drug-likeness (QED) is 0.328. The third kappa shape index (κ3) is 3.52. The summed E-state index contributed by atoms with van der Waals surface area (Å²) in [5, 5.41) is 0. The molecule has 0 bridgehead atoms. The zero-order chi connectivity index (χ0) is 26.8. The van der Waals surface area contributed by atoms with Crippen LogP contribution in [0.15, 0.2) is 71.2 Å². The minimum atomic E-state index is -0.870. The minimum absolute atomic E-state index is 0.230. The second-order valence-corrected chi connectivity index (χ2v) is 10.7. The summed E-state index contributed by atoms with van der Waals surface area (Å²) in [6, 6.07) is 16.6. The Kier molecular flexibility index (Phi) is 5.52. The topological polar surface area (TPSA) is 85.4 Å². The molecule has 0 spiro atoms. The largest absolute Gasteiger partial charge is 0.496 e. The molecule has 0 N–H and O–H groups in total. The van der Waals surface area contributed by atoms with E-state index in [1.165, 1.54) is 4.90 Å². The zero-order valence-corrected chi connectivity index (χ0v) is 22.5. The molecular weight excluding hydrogens is 564 g/mol. The molecule has 0 saturated carbocycles. The van der Waals surface area contributed by atoms with E-state index in [4.69, 9.17) is 14.2 Å². The van der Waals surface area contributed by atoms with Crippen molar-refractivity contribution in [1.29, 1.82) is 0 Å². The molecule has 4 aliphatic heterocycles. The second-order valence-electron chi connectivity index (χ2n) is 9.87. The molecule has 2 fully saturated rings. The standard InChI is InChI=1S/C30H23BrN2O6/c1-37-22-10-7-17(14-19(22)31)28(34)27-26-25(21-9-6-16-4-2-3-5-20(16)33(21)27)29(35)32(30(26)36)18-8-11-23-24(15-18)39-13-12-38-23/h2-11,14-15,21,25-27H,12-13H2,1H3/t21-,25+,26+,27-/m0/s1. The van der Waals surface area contributed by atoms with Crippen molar-refractivity contribution >= 4 is 51.0 Å². The summed E-state index contributed by atoms with van der Waals surface area (Å²) in [6.07, 6.45) is 3.91. The number of imide groups is 1. The number of halogens is 1. The van der Waals surface area contributed by atoms with Gasteiger partial charge in [0.2, 0.25) is 11.8 Å². The maximum atomic E-state index is 14.2. The maximum Gasteiger partial charge on any atom is 0.240 e. The highest BCUT2D eigenvalue weighted by atomic mass is 79.9. The molecule has 3 aromatic rings. The molecular formula is C30H23BrN2O6. The van der Waals surface area contributed by atoms with Crippen molar-refractivity contribution in [2.75, 3.05) is 30.1 Å². The first-order chi connectivity index (χ1) is 19.0. The van der Waals surface area contributed by atoms with Gasteiger partial charge in [-0.3, -0.25) is 14.4 Å². The van der Waals surface area contributed by atoms with Gasteiger partial charge in [0, 0.05) is 17.3 Å². The fraction of sp³-hybridized carbons (Fsp3) is 0.233. The number of carbonyl (C=O) groups is 3. The first kappa shape index (κ1) is 24.0. The lowest BCUT2D eigenvalue weighted by atomic mass is 9.86. The average molecular weight is 587 g/mol. The number of ether oxygens (including phenoxy) is 3. The van der Waals surface area contributed by atoms with Crippen LogP contribution < -0.4 is 24.0 Å². The number of amides is 2. The number of Topliss-reactive ketones (excluding diaryl/α,β-unsaturated/α-hetero) is 1. The number of para-hydroxylation sites is 1. The molecule has 4 atom stereocenters. The smallest absolute Gasteiger partial charge is 0.240 e. The van der Waals surface area contributed by atoms with Gasteiger partial charge in [-0.05, 0) is 57.9 Å². The highest BCUT2D eigenvalue weighted by Gasteiger charge is 2.64. The van der Waals surface area contributed by atoms with Crippen LogP contribution in [0.25, 0.3) is 6.08 Å². The van der Waals surface area contributed by atoms with Gasteiger partial charge in [-0.25, -0.2) is 4.90 Å². The average Bonchev–Trinajstić information content (AvgIpc) is 3.44. The molecule has 2 saturated heterocycles. The Hall–Kier alpha value is -4.11. The summed E-state index contributed by atoms with van der Waals surface area (Å²) >= 11 is 3.47. The molecule has 0 radical (unpaired) electrons. The Bertz CT molecular complexity index is 1590. The number of methoxy groups -OCH3 is 1. The van der Waals surface area contributed by atoms with E-state index < -0.39 is 29.8 Å². The van der Waals surface area contributed by atoms with Gasteiger partial charge in [0.25, 0.3) is 0 Å². The number of rotatable bonds is 4. The molecule has 196 valence electrons. The highest BCUT2D eigenvalue weighted by Crippen LogP contribution is 2.50. The Morgan fingerprint density at radius 3 is 2.51 bits per heavy atom. The van der Waals surface area contributed by atoms with E-state index in [9.17, 15) is 14.4 Å². The van der Waals surface area contributed by atoms with Gasteiger partial charge in [-0.2, -0.15) is 0 Å². The Morgan fingerprint density at radius 2 is 1.72 bits per heavy atom. The number of anilines is 2. The van der Waals surface area contributed by atoms with Crippen molar-refractivity contribution in [3.63, 3.8) is 0 Å². The van der Waals surface area contributed by atoms with Gasteiger partial charge in [0.05, 0.1) is 35.1 Å². The van der Waals surface area contributed by atoms with Gasteiger partial charge in [-0.1, -0.05) is 30.4 Å². The van der Waals surface area contributed by atoms with Gasteiger partial charge in [0.15, 0.2) is 17.3 Å². The van der Waals surface area contributed by atoms with Crippen LogP contribution in [0.5, 0.6) is 17.2 Å². The van der Waals surface area contributed by atoms with Crippen molar-refractivity contribution in [1.82, 2.24) is 0 Å². The summed E-state index contributed by atoms with van der Waals surface area (Å²) in [5.41, 5.74) is 2.61. The van der Waals surface area contributed by atoms with E-state index in [1.807, 2.05) is 41.3 Å². The highest BCUT2D eigenvalue weighted by molar-refractivity contribution is 9.10.